The number of quaternary nitrogens is 1. The third-order valence-corrected chi connectivity index (χ3v) is 4.14. The van der Waals surface area contributed by atoms with E-state index in [0.29, 0.717) is 15.6 Å². The van der Waals surface area contributed by atoms with Crippen molar-refractivity contribution in [1.82, 2.24) is 0 Å². The minimum absolute atomic E-state index is 0.0414. The highest BCUT2D eigenvalue weighted by Gasteiger charge is 2.33. The first-order chi connectivity index (χ1) is 13.1. The Morgan fingerprint density at radius 1 is 1.00 bits per heavy atom. The number of benzene rings is 2. The zero-order valence-electron chi connectivity index (χ0n) is 15.3. The Balaban J connectivity index is 1.93. The molecule has 1 atom stereocenters. The van der Waals surface area contributed by atoms with Crippen LogP contribution in [0.4, 0.5) is 24.5 Å². The van der Waals surface area contributed by atoms with E-state index in [2.05, 4.69) is 10.6 Å². The van der Waals surface area contributed by atoms with Crippen molar-refractivity contribution in [2.45, 2.75) is 13.1 Å². The van der Waals surface area contributed by atoms with Gasteiger partial charge in [-0.3, -0.25) is 9.59 Å². The number of halogens is 4. The Kier molecular flexibility index (Phi) is 7.04. The number of hydrogen-bond acceptors (Lipinski definition) is 2. The molecular weight excluding hydrogens is 395 g/mol. The average molecular weight is 415 g/mol. The van der Waals surface area contributed by atoms with Crippen molar-refractivity contribution in [1.29, 1.82) is 0 Å². The van der Waals surface area contributed by atoms with Gasteiger partial charge in [0.1, 0.15) is 0 Å². The average Bonchev–Trinajstić information content (AvgIpc) is 2.57. The number of anilines is 2. The summed E-state index contributed by atoms with van der Waals surface area (Å²) in [6.07, 6.45) is -4.57. The predicted octanol–water partition coefficient (Wildman–Crippen LogP) is 2.76. The Morgan fingerprint density at radius 2 is 1.57 bits per heavy atom. The topological polar surface area (TPSA) is 62.6 Å². The molecule has 0 saturated carbocycles. The first-order valence-corrected chi connectivity index (χ1v) is 8.77. The van der Waals surface area contributed by atoms with E-state index in [1.54, 1.807) is 25.2 Å². The second-order valence-corrected chi connectivity index (χ2v) is 6.85. The zero-order chi connectivity index (χ0) is 20.9. The van der Waals surface area contributed by atoms with Gasteiger partial charge < -0.3 is 15.5 Å². The van der Waals surface area contributed by atoms with Gasteiger partial charge in [0.05, 0.1) is 18.3 Å². The van der Waals surface area contributed by atoms with E-state index in [4.69, 9.17) is 11.6 Å². The fourth-order valence-electron chi connectivity index (χ4n) is 2.57. The van der Waals surface area contributed by atoms with Crippen molar-refractivity contribution in [3.63, 3.8) is 0 Å². The van der Waals surface area contributed by atoms with E-state index in [-0.39, 0.29) is 24.7 Å². The van der Waals surface area contributed by atoms with Crippen LogP contribution in [0, 0.1) is 6.92 Å². The normalized spacial score (nSPS) is 12.4. The molecule has 2 aromatic rings. The number of hydrogen-bond donors (Lipinski definition) is 3. The Hall–Kier alpha value is -2.58. The molecule has 3 N–H and O–H groups in total. The lowest BCUT2D eigenvalue weighted by atomic mass is 10.1. The van der Waals surface area contributed by atoms with Crippen LogP contribution in [0.1, 0.15) is 11.1 Å². The fourth-order valence-corrected chi connectivity index (χ4v) is 2.74. The van der Waals surface area contributed by atoms with E-state index in [1.807, 2.05) is 6.92 Å². The molecule has 28 heavy (non-hydrogen) atoms. The molecule has 0 aliphatic carbocycles. The SMILES string of the molecule is Cc1ccc(Cl)cc1NC(=O)C[NH+](C)CC(=O)Nc1ccccc1C(F)(F)F. The quantitative estimate of drug-likeness (QED) is 0.680. The minimum atomic E-state index is -4.57. The third-order valence-electron chi connectivity index (χ3n) is 3.90. The monoisotopic (exact) mass is 414 g/mol. The summed E-state index contributed by atoms with van der Waals surface area (Å²) in [7, 11) is 1.60. The molecule has 5 nitrogen and oxygen atoms in total. The summed E-state index contributed by atoms with van der Waals surface area (Å²) >= 11 is 5.91. The van der Waals surface area contributed by atoms with Crippen LogP contribution in [0.3, 0.4) is 0 Å². The Bertz CT molecular complexity index is 872. The molecule has 0 aliphatic rings. The summed E-state index contributed by atoms with van der Waals surface area (Å²) in [5, 5.41) is 5.44. The summed E-state index contributed by atoms with van der Waals surface area (Å²) in [5.41, 5.74) is 0.160. The second kappa shape index (κ2) is 9.07. The van der Waals surface area contributed by atoms with Crippen LogP contribution in [-0.4, -0.2) is 32.0 Å². The molecule has 2 aromatic carbocycles. The van der Waals surface area contributed by atoms with E-state index < -0.39 is 17.6 Å². The molecule has 2 amide bonds. The van der Waals surface area contributed by atoms with Crippen molar-refractivity contribution < 1.29 is 27.7 Å². The molecule has 0 saturated heterocycles. The highest BCUT2D eigenvalue weighted by molar-refractivity contribution is 6.31. The van der Waals surface area contributed by atoms with Gasteiger partial charge in [0, 0.05) is 10.7 Å². The number of likely N-dealkylation sites (N-methyl/N-ethyl adjacent to an activating group) is 1. The summed E-state index contributed by atoms with van der Waals surface area (Å²) in [4.78, 5) is 24.8. The van der Waals surface area contributed by atoms with Crippen molar-refractivity contribution >= 4 is 34.8 Å². The number of alkyl halides is 3. The van der Waals surface area contributed by atoms with Crippen LogP contribution in [0.25, 0.3) is 0 Å². The van der Waals surface area contributed by atoms with Gasteiger partial charge in [-0.05, 0) is 36.8 Å². The van der Waals surface area contributed by atoms with Crippen LogP contribution in [0.5, 0.6) is 0 Å². The minimum Gasteiger partial charge on any atom is -0.322 e. The van der Waals surface area contributed by atoms with E-state index in [9.17, 15) is 22.8 Å². The maximum absolute atomic E-state index is 13.0. The smallest absolute Gasteiger partial charge is 0.322 e. The maximum Gasteiger partial charge on any atom is 0.418 e. The van der Waals surface area contributed by atoms with Crippen LogP contribution in [-0.2, 0) is 15.8 Å². The third kappa shape index (κ3) is 6.24. The first-order valence-electron chi connectivity index (χ1n) is 8.39. The predicted molar refractivity (Wildman–Crippen MR) is 102 cm³/mol. The van der Waals surface area contributed by atoms with Gasteiger partial charge in [-0.1, -0.05) is 29.8 Å². The molecule has 0 aromatic heterocycles. The van der Waals surface area contributed by atoms with Crippen LogP contribution >= 0.6 is 11.6 Å². The van der Waals surface area contributed by atoms with Gasteiger partial charge in [0.25, 0.3) is 11.8 Å². The Labute approximate surface area is 165 Å². The second-order valence-electron chi connectivity index (χ2n) is 6.41. The molecule has 0 bridgehead atoms. The first kappa shape index (κ1) is 21.7. The molecule has 9 heteroatoms. The zero-order valence-corrected chi connectivity index (χ0v) is 16.0. The highest BCUT2D eigenvalue weighted by atomic mass is 35.5. The lowest BCUT2D eigenvalue weighted by molar-refractivity contribution is -0.862. The number of amides is 2. The van der Waals surface area contributed by atoms with Crippen LogP contribution in [0.15, 0.2) is 42.5 Å². The standard InChI is InChI=1S/C19H19ClF3N3O2/c1-12-7-8-13(20)9-16(12)25-18(28)11-26(2)10-17(27)24-15-6-4-3-5-14(15)19(21,22)23/h3-9H,10-11H2,1-2H3,(H,24,27)(H,25,28)/p+1. The Morgan fingerprint density at radius 3 is 2.18 bits per heavy atom. The number of aryl methyl sites for hydroxylation is 1. The van der Waals surface area contributed by atoms with Gasteiger partial charge in [-0.25, -0.2) is 0 Å². The molecule has 0 fully saturated rings. The van der Waals surface area contributed by atoms with Gasteiger partial charge in [-0.15, -0.1) is 0 Å². The van der Waals surface area contributed by atoms with Crippen molar-refractivity contribution in [3.8, 4) is 0 Å². The molecule has 0 aliphatic heterocycles. The number of carbonyl (C=O) groups is 2. The number of carbonyl (C=O) groups excluding carboxylic acids is 2. The molecule has 0 radical (unpaired) electrons. The lowest BCUT2D eigenvalue weighted by Gasteiger charge is -2.16. The molecular formula is C19H20ClF3N3O2+. The number of nitrogens with one attached hydrogen (secondary N) is 3. The van der Waals surface area contributed by atoms with Crippen molar-refractivity contribution in [2.75, 3.05) is 30.8 Å². The van der Waals surface area contributed by atoms with Crippen LogP contribution in [0.2, 0.25) is 5.02 Å². The molecule has 0 spiro atoms. The highest BCUT2D eigenvalue weighted by Crippen LogP contribution is 2.34. The summed E-state index contributed by atoms with van der Waals surface area (Å²) < 4.78 is 38.9. The van der Waals surface area contributed by atoms with Gasteiger partial charge in [0.15, 0.2) is 13.1 Å². The molecule has 2 rings (SSSR count). The maximum atomic E-state index is 13.0. The van der Waals surface area contributed by atoms with Gasteiger partial charge in [-0.2, -0.15) is 13.2 Å². The summed E-state index contributed by atoms with van der Waals surface area (Å²) in [6.45, 7) is 1.60. The van der Waals surface area contributed by atoms with Gasteiger partial charge >= 0.3 is 6.18 Å². The van der Waals surface area contributed by atoms with Crippen molar-refractivity contribution in [3.05, 3.63) is 58.6 Å². The molecule has 0 heterocycles. The number of para-hydroxylation sites is 1. The van der Waals surface area contributed by atoms with E-state index >= 15 is 0 Å². The van der Waals surface area contributed by atoms with Crippen molar-refractivity contribution in [2.24, 2.45) is 0 Å². The summed E-state index contributed by atoms with van der Waals surface area (Å²) in [5.74, 6) is -0.965. The molecule has 1 unspecified atom stereocenters. The van der Waals surface area contributed by atoms with Gasteiger partial charge in [0.2, 0.25) is 0 Å². The largest absolute Gasteiger partial charge is 0.418 e. The lowest BCUT2D eigenvalue weighted by Crippen LogP contribution is -3.11. The molecule has 150 valence electrons. The van der Waals surface area contributed by atoms with Crippen LogP contribution < -0.4 is 15.5 Å². The van der Waals surface area contributed by atoms with E-state index in [0.717, 1.165) is 11.6 Å². The fraction of sp³-hybridized carbons (Fsp3) is 0.263. The number of rotatable bonds is 6. The van der Waals surface area contributed by atoms with E-state index in [1.165, 1.54) is 18.2 Å². The summed E-state index contributed by atoms with van der Waals surface area (Å²) in [6, 6.07) is 9.82.